The summed E-state index contributed by atoms with van der Waals surface area (Å²) in [6, 6.07) is 2.76. The maximum absolute atomic E-state index is 10.1. The standard InChI is InChI=1S/C5H3ClN2O2.CHN/c6-5-4(8(9)10)2-1-3-7-5;1-2/h1-3H;1H. The van der Waals surface area contributed by atoms with E-state index in [4.69, 9.17) is 16.9 Å². The molecule has 0 atom stereocenters. The molecule has 6 heteroatoms. The molecule has 0 aliphatic rings. The van der Waals surface area contributed by atoms with E-state index >= 15 is 0 Å². The van der Waals surface area contributed by atoms with Gasteiger partial charge >= 0.3 is 5.69 Å². The average Bonchev–Trinajstić information content (AvgIpc) is 2.08. The molecule has 1 rings (SSSR count). The van der Waals surface area contributed by atoms with Gasteiger partial charge in [0.2, 0.25) is 5.15 Å². The molecule has 0 radical (unpaired) electrons. The fraction of sp³-hybridized carbons (Fsp3) is 0. The number of halogens is 1. The molecule has 0 fully saturated rings. The summed E-state index contributed by atoms with van der Waals surface area (Å²) in [6.07, 6.45) is 1.40. The smallest absolute Gasteiger partial charge is 0.258 e. The first-order valence-corrected chi connectivity index (χ1v) is 3.10. The second kappa shape index (κ2) is 5.04. The molecule has 12 heavy (non-hydrogen) atoms. The van der Waals surface area contributed by atoms with Crippen LogP contribution in [0, 0.1) is 21.9 Å². The number of hydrogen-bond acceptors (Lipinski definition) is 4. The zero-order chi connectivity index (χ0) is 9.56. The van der Waals surface area contributed by atoms with Crippen molar-refractivity contribution in [3.63, 3.8) is 0 Å². The predicted octanol–water partition coefficient (Wildman–Crippen LogP) is 1.78. The number of aromatic nitrogens is 1. The van der Waals surface area contributed by atoms with E-state index in [1.54, 1.807) is 0 Å². The number of rotatable bonds is 1. The summed E-state index contributed by atoms with van der Waals surface area (Å²) in [6.45, 7) is 3.50. The highest BCUT2D eigenvalue weighted by atomic mass is 35.5. The van der Waals surface area contributed by atoms with Gasteiger partial charge in [-0.3, -0.25) is 10.1 Å². The van der Waals surface area contributed by atoms with E-state index in [2.05, 4.69) is 11.6 Å². The molecular weight excluding hydrogens is 182 g/mol. The van der Waals surface area contributed by atoms with E-state index in [0.717, 1.165) is 0 Å². The van der Waals surface area contributed by atoms with E-state index in [0.29, 0.717) is 0 Å². The van der Waals surface area contributed by atoms with E-state index in [9.17, 15) is 10.1 Å². The third-order valence-corrected chi connectivity index (χ3v) is 1.23. The lowest BCUT2D eigenvalue weighted by Gasteiger charge is -1.89. The van der Waals surface area contributed by atoms with Gasteiger partial charge in [-0.05, 0) is 6.07 Å². The molecule has 1 aromatic rings. The van der Waals surface area contributed by atoms with Gasteiger partial charge in [-0.25, -0.2) is 10.2 Å². The van der Waals surface area contributed by atoms with Gasteiger partial charge in [0.15, 0.2) is 0 Å². The Labute approximate surface area is 73.4 Å². The molecule has 0 spiro atoms. The summed E-state index contributed by atoms with van der Waals surface area (Å²) in [7, 11) is 0. The Hall–Kier alpha value is -1.67. The maximum Gasteiger partial charge on any atom is 0.306 e. The van der Waals surface area contributed by atoms with Crippen molar-refractivity contribution in [2.24, 2.45) is 0 Å². The van der Waals surface area contributed by atoms with Crippen LogP contribution < -0.4 is 0 Å². The number of pyridine rings is 1. The Morgan fingerprint density at radius 3 is 2.58 bits per heavy atom. The van der Waals surface area contributed by atoms with Crippen LogP contribution in [0.5, 0.6) is 0 Å². The molecule has 1 heterocycles. The van der Waals surface area contributed by atoms with Crippen LogP contribution in [0.4, 0.5) is 5.69 Å². The molecule has 0 aliphatic carbocycles. The summed E-state index contributed by atoms with van der Waals surface area (Å²) < 4.78 is 0. The topological polar surface area (TPSA) is 79.8 Å². The highest BCUT2D eigenvalue weighted by Gasteiger charge is 2.09. The van der Waals surface area contributed by atoms with Crippen molar-refractivity contribution in [2.75, 3.05) is 0 Å². The maximum atomic E-state index is 10.1. The van der Waals surface area contributed by atoms with Crippen LogP contribution in [0.15, 0.2) is 18.3 Å². The molecule has 0 N–H and O–H groups in total. The van der Waals surface area contributed by atoms with Crippen LogP contribution in [-0.4, -0.2) is 9.91 Å². The third-order valence-electron chi connectivity index (χ3n) is 0.936. The molecule has 5 nitrogen and oxygen atoms in total. The van der Waals surface area contributed by atoms with Gasteiger partial charge in [-0.2, -0.15) is 0 Å². The van der Waals surface area contributed by atoms with Crippen molar-refractivity contribution < 1.29 is 4.92 Å². The molecule has 62 valence electrons. The summed E-state index contributed by atoms with van der Waals surface area (Å²) in [5, 5.41) is 16.5. The normalized spacial score (nSPS) is 7.92. The second-order valence-corrected chi connectivity index (χ2v) is 1.93. The van der Waals surface area contributed by atoms with Gasteiger partial charge in [0.1, 0.15) is 0 Å². The molecule has 0 bridgehead atoms. The van der Waals surface area contributed by atoms with Gasteiger partial charge in [-0.1, -0.05) is 11.6 Å². The van der Waals surface area contributed by atoms with Crippen molar-refractivity contribution in [1.29, 1.82) is 5.26 Å². The Bertz CT molecular complexity index is 300. The Kier molecular flexibility index (Phi) is 4.34. The summed E-state index contributed by atoms with van der Waals surface area (Å²) in [4.78, 5) is 13.1. The van der Waals surface area contributed by atoms with Crippen molar-refractivity contribution in [3.8, 4) is 6.57 Å². The number of nitriles is 1. The van der Waals surface area contributed by atoms with Crippen molar-refractivity contribution in [1.82, 2.24) is 4.98 Å². The fourth-order valence-electron chi connectivity index (χ4n) is 0.514. The summed E-state index contributed by atoms with van der Waals surface area (Å²) in [5.41, 5.74) is -0.163. The lowest BCUT2D eigenvalue weighted by atomic mass is 10.4. The van der Waals surface area contributed by atoms with Gasteiger partial charge in [0.05, 0.1) is 4.92 Å². The first kappa shape index (κ1) is 10.3. The minimum Gasteiger partial charge on any atom is -0.258 e. The lowest BCUT2D eigenvalue weighted by molar-refractivity contribution is -0.385. The third kappa shape index (κ3) is 2.52. The SMILES string of the molecule is C#N.O=[N+]([O-])c1cccnc1Cl. The Balaban J connectivity index is 0.000000561. The van der Waals surface area contributed by atoms with Crippen molar-refractivity contribution >= 4 is 17.3 Å². The molecule has 0 saturated carbocycles. The molecule has 0 amide bonds. The van der Waals surface area contributed by atoms with Crippen LogP contribution in [0.3, 0.4) is 0 Å². The van der Waals surface area contributed by atoms with Crippen LogP contribution >= 0.6 is 11.6 Å². The summed E-state index contributed by atoms with van der Waals surface area (Å²) in [5.74, 6) is 0. The highest BCUT2D eigenvalue weighted by Crippen LogP contribution is 2.19. The van der Waals surface area contributed by atoms with Crippen LogP contribution in [0.25, 0.3) is 0 Å². The van der Waals surface area contributed by atoms with Gasteiger partial charge < -0.3 is 0 Å². The number of nitrogens with zero attached hydrogens (tertiary/aromatic N) is 3. The molecular formula is C6H4ClN3O2. The molecule has 0 aliphatic heterocycles. The van der Waals surface area contributed by atoms with E-state index in [-0.39, 0.29) is 10.8 Å². The zero-order valence-corrected chi connectivity index (χ0v) is 6.60. The van der Waals surface area contributed by atoms with Crippen LogP contribution in [0.1, 0.15) is 0 Å². The lowest BCUT2D eigenvalue weighted by Crippen LogP contribution is -1.89. The first-order valence-electron chi connectivity index (χ1n) is 2.72. The van der Waals surface area contributed by atoms with Crippen molar-refractivity contribution in [3.05, 3.63) is 33.6 Å². The zero-order valence-electron chi connectivity index (χ0n) is 5.85. The molecule has 0 aromatic carbocycles. The van der Waals surface area contributed by atoms with Gasteiger partial charge in [-0.15, -0.1) is 0 Å². The highest BCUT2D eigenvalue weighted by molar-refractivity contribution is 6.31. The minimum absolute atomic E-state index is 0.0764. The van der Waals surface area contributed by atoms with Crippen LogP contribution in [0.2, 0.25) is 5.15 Å². The first-order chi connectivity index (χ1) is 5.72. The van der Waals surface area contributed by atoms with Crippen LogP contribution in [-0.2, 0) is 0 Å². The Morgan fingerprint density at radius 1 is 1.67 bits per heavy atom. The fourth-order valence-corrected chi connectivity index (χ4v) is 0.702. The van der Waals surface area contributed by atoms with Gasteiger partial charge in [0, 0.05) is 18.8 Å². The molecule has 0 unspecified atom stereocenters. The number of hydrogen-bond donors (Lipinski definition) is 0. The summed E-state index contributed by atoms with van der Waals surface area (Å²) >= 11 is 5.37. The molecule has 1 aromatic heterocycles. The molecule has 0 saturated heterocycles. The van der Waals surface area contributed by atoms with Gasteiger partial charge in [0.25, 0.3) is 0 Å². The van der Waals surface area contributed by atoms with Crippen molar-refractivity contribution in [2.45, 2.75) is 0 Å². The average molecular weight is 186 g/mol. The Morgan fingerprint density at radius 2 is 2.25 bits per heavy atom. The minimum atomic E-state index is -0.574. The van der Waals surface area contributed by atoms with E-state index < -0.39 is 4.92 Å². The predicted molar refractivity (Wildman–Crippen MR) is 42.6 cm³/mol. The quantitative estimate of drug-likeness (QED) is 0.380. The van der Waals surface area contributed by atoms with E-state index in [1.165, 1.54) is 18.3 Å². The number of nitro groups is 1. The largest absolute Gasteiger partial charge is 0.306 e. The monoisotopic (exact) mass is 185 g/mol. The van der Waals surface area contributed by atoms with E-state index in [1.807, 2.05) is 0 Å². The second-order valence-electron chi connectivity index (χ2n) is 1.57.